The fourth-order valence-corrected chi connectivity index (χ4v) is 2.45. The summed E-state index contributed by atoms with van der Waals surface area (Å²) in [7, 11) is 0. The van der Waals surface area contributed by atoms with E-state index in [2.05, 4.69) is 45.0 Å². The Hall–Kier alpha value is -1.13. The van der Waals surface area contributed by atoms with Gasteiger partial charge in [-0.3, -0.25) is 0 Å². The van der Waals surface area contributed by atoms with Crippen molar-refractivity contribution >= 4 is 27.5 Å². The van der Waals surface area contributed by atoms with E-state index in [9.17, 15) is 0 Å². The van der Waals surface area contributed by atoms with Gasteiger partial charge in [0.05, 0.1) is 0 Å². The fourth-order valence-electron chi connectivity index (χ4n) is 1.99. The number of hydrogen-bond acceptors (Lipinski definition) is 3. The van der Waals surface area contributed by atoms with Crippen LogP contribution < -0.4 is 4.74 Å². The molecule has 19 heavy (non-hydrogen) atoms. The van der Waals surface area contributed by atoms with Crippen molar-refractivity contribution in [2.75, 3.05) is 0 Å². The van der Waals surface area contributed by atoms with Gasteiger partial charge in [-0.2, -0.15) is 4.98 Å². The second-order valence-corrected chi connectivity index (χ2v) is 5.66. The van der Waals surface area contributed by atoms with Crippen LogP contribution in [-0.2, 0) is 0 Å². The van der Waals surface area contributed by atoms with Crippen molar-refractivity contribution in [1.82, 2.24) is 9.97 Å². The minimum atomic E-state index is 0.352. The zero-order chi connectivity index (χ0) is 14.2. The summed E-state index contributed by atoms with van der Waals surface area (Å²) in [6, 6.07) is 4.15. The van der Waals surface area contributed by atoms with Crippen LogP contribution in [0.25, 0.3) is 0 Å². The first-order valence-corrected chi connectivity index (χ1v) is 7.01. The number of ether oxygens (including phenoxy) is 1. The van der Waals surface area contributed by atoms with Gasteiger partial charge in [0, 0.05) is 0 Å². The largest absolute Gasteiger partial charge is 0.437 e. The lowest BCUT2D eigenvalue weighted by Gasteiger charge is -2.13. The number of hydrogen-bond donors (Lipinski definition) is 0. The molecule has 2 rings (SSSR count). The number of halogens is 2. The van der Waals surface area contributed by atoms with Crippen LogP contribution in [0, 0.1) is 27.7 Å². The molecule has 2 aromatic rings. The van der Waals surface area contributed by atoms with Gasteiger partial charge in [-0.25, -0.2) is 4.98 Å². The Bertz CT molecular complexity index is 621. The van der Waals surface area contributed by atoms with E-state index in [1.165, 1.54) is 5.56 Å². The van der Waals surface area contributed by atoms with E-state index in [0.29, 0.717) is 21.3 Å². The van der Waals surface area contributed by atoms with Gasteiger partial charge in [0.15, 0.2) is 5.15 Å². The van der Waals surface area contributed by atoms with Crippen LogP contribution in [0.2, 0.25) is 5.15 Å². The van der Waals surface area contributed by atoms with Crippen molar-refractivity contribution in [3.8, 4) is 11.6 Å². The summed E-state index contributed by atoms with van der Waals surface area (Å²) >= 11 is 9.37. The molecule has 0 aliphatic rings. The number of aromatic nitrogens is 2. The SMILES string of the molecule is Cc1cc(C)c(Oc2nc(C)nc(Cl)c2Br)c(C)c1. The molecule has 0 unspecified atom stereocenters. The molecule has 3 nitrogen and oxygen atoms in total. The average molecular weight is 342 g/mol. The van der Waals surface area contributed by atoms with Crippen molar-refractivity contribution in [2.24, 2.45) is 0 Å². The van der Waals surface area contributed by atoms with Crippen LogP contribution in [-0.4, -0.2) is 9.97 Å². The van der Waals surface area contributed by atoms with E-state index >= 15 is 0 Å². The van der Waals surface area contributed by atoms with Crippen LogP contribution in [0.1, 0.15) is 22.5 Å². The second kappa shape index (κ2) is 5.47. The first-order chi connectivity index (χ1) is 8.88. The van der Waals surface area contributed by atoms with Crippen molar-refractivity contribution < 1.29 is 4.74 Å². The third kappa shape index (κ3) is 3.07. The molecule has 1 heterocycles. The highest BCUT2D eigenvalue weighted by atomic mass is 79.9. The maximum atomic E-state index is 6.01. The quantitative estimate of drug-likeness (QED) is 0.727. The summed E-state index contributed by atoms with van der Waals surface area (Å²) in [5.41, 5.74) is 3.34. The second-order valence-electron chi connectivity index (χ2n) is 4.51. The molecule has 0 radical (unpaired) electrons. The molecule has 0 amide bonds. The van der Waals surface area contributed by atoms with Crippen molar-refractivity contribution in [3.05, 3.63) is 44.3 Å². The lowest BCUT2D eigenvalue weighted by molar-refractivity contribution is 0.449. The lowest BCUT2D eigenvalue weighted by Crippen LogP contribution is -1.98. The highest BCUT2D eigenvalue weighted by Crippen LogP contribution is 2.35. The van der Waals surface area contributed by atoms with E-state index < -0.39 is 0 Å². The Kier molecular flexibility index (Phi) is 4.11. The summed E-state index contributed by atoms with van der Waals surface area (Å²) in [4.78, 5) is 8.33. The summed E-state index contributed by atoms with van der Waals surface area (Å²) in [5, 5.41) is 0.352. The first kappa shape index (κ1) is 14.3. The van der Waals surface area contributed by atoms with Gasteiger partial charge in [0.25, 0.3) is 0 Å². The van der Waals surface area contributed by atoms with Crippen molar-refractivity contribution in [2.45, 2.75) is 27.7 Å². The molecule has 0 N–H and O–H groups in total. The summed E-state index contributed by atoms with van der Waals surface area (Å²) in [6.07, 6.45) is 0. The van der Waals surface area contributed by atoms with Crippen LogP contribution in [0.3, 0.4) is 0 Å². The average Bonchev–Trinajstić information content (AvgIpc) is 2.29. The predicted octanol–water partition coefficient (Wildman–Crippen LogP) is 4.92. The fraction of sp³-hybridized carbons (Fsp3) is 0.286. The Morgan fingerprint density at radius 3 is 2.21 bits per heavy atom. The molecular formula is C14H14BrClN2O. The number of benzene rings is 1. The minimum absolute atomic E-state index is 0.352. The molecule has 1 aromatic carbocycles. The highest BCUT2D eigenvalue weighted by Gasteiger charge is 2.14. The normalized spacial score (nSPS) is 10.6. The van der Waals surface area contributed by atoms with E-state index in [0.717, 1.165) is 16.9 Å². The van der Waals surface area contributed by atoms with Crippen LogP contribution >= 0.6 is 27.5 Å². The molecule has 0 aliphatic carbocycles. The van der Waals surface area contributed by atoms with Crippen LogP contribution in [0.5, 0.6) is 11.6 Å². The third-order valence-corrected chi connectivity index (χ3v) is 3.91. The van der Waals surface area contributed by atoms with E-state index in [1.54, 1.807) is 6.92 Å². The molecule has 0 saturated heterocycles. The van der Waals surface area contributed by atoms with Gasteiger partial charge in [-0.05, 0) is 54.8 Å². The lowest BCUT2D eigenvalue weighted by atomic mass is 10.1. The Balaban J connectivity index is 2.48. The molecular weight excluding hydrogens is 328 g/mol. The molecule has 0 bridgehead atoms. The van der Waals surface area contributed by atoms with Gasteiger partial charge in [0.1, 0.15) is 16.0 Å². The van der Waals surface area contributed by atoms with E-state index in [1.807, 2.05) is 13.8 Å². The van der Waals surface area contributed by atoms with Gasteiger partial charge in [0.2, 0.25) is 5.88 Å². The van der Waals surface area contributed by atoms with E-state index in [4.69, 9.17) is 16.3 Å². The zero-order valence-corrected chi connectivity index (χ0v) is 13.6. The number of aryl methyl sites for hydroxylation is 4. The maximum absolute atomic E-state index is 6.01. The maximum Gasteiger partial charge on any atom is 0.238 e. The topological polar surface area (TPSA) is 35.0 Å². The first-order valence-electron chi connectivity index (χ1n) is 5.84. The van der Waals surface area contributed by atoms with Crippen LogP contribution in [0.15, 0.2) is 16.6 Å². The third-order valence-electron chi connectivity index (χ3n) is 2.70. The van der Waals surface area contributed by atoms with E-state index in [-0.39, 0.29) is 0 Å². The smallest absolute Gasteiger partial charge is 0.238 e. The summed E-state index contributed by atoms with van der Waals surface area (Å²) < 4.78 is 6.47. The molecule has 1 aromatic heterocycles. The predicted molar refractivity (Wildman–Crippen MR) is 80.2 cm³/mol. The molecule has 0 atom stereocenters. The molecule has 5 heteroatoms. The van der Waals surface area contributed by atoms with Crippen LogP contribution in [0.4, 0.5) is 0 Å². The Morgan fingerprint density at radius 2 is 1.63 bits per heavy atom. The summed E-state index contributed by atoms with van der Waals surface area (Å²) in [6.45, 7) is 7.86. The Labute approximate surface area is 126 Å². The molecule has 0 aliphatic heterocycles. The van der Waals surface area contributed by atoms with Gasteiger partial charge < -0.3 is 4.74 Å². The molecule has 0 fully saturated rings. The molecule has 0 saturated carbocycles. The minimum Gasteiger partial charge on any atom is -0.437 e. The highest BCUT2D eigenvalue weighted by molar-refractivity contribution is 9.10. The monoisotopic (exact) mass is 340 g/mol. The molecule has 100 valence electrons. The van der Waals surface area contributed by atoms with Crippen molar-refractivity contribution in [1.29, 1.82) is 0 Å². The van der Waals surface area contributed by atoms with Gasteiger partial charge >= 0.3 is 0 Å². The zero-order valence-electron chi connectivity index (χ0n) is 11.2. The van der Waals surface area contributed by atoms with Gasteiger partial charge in [-0.1, -0.05) is 29.3 Å². The van der Waals surface area contributed by atoms with Gasteiger partial charge in [-0.15, -0.1) is 0 Å². The Morgan fingerprint density at radius 1 is 1.05 bits per heavy atom. The standard InChI is InChI=1S/C14H14BrClN2O/c1-7-5-8(2)12(9(3)6-7)19-14-11(15)13(16)17-10(4)18-14/h5-6H,1-4H3. The number of nitrogens with zero attached hydrogens (tertiary/aromatic N) is 2. The van der Waals surface area contributed by atoms with Crippen molar-refractivity contribution in [3.63, 3.8) is 0 Å². The number of rotatable bonds is 2. The molecule has 0 spiro atoms. The summed E-state index contributed by atoms with van der Waals surface area (Å²) in [5.74, 6) is 1.82.